The van der Waals surface area contributed by atoms with Crippen molar-refractivity contribution in [3.8, 4) is 0 Å². The second kappa shape index (κ2) is 10.9. The van der Waals surface area contributed by atoms with Crippen LogP contribution < -0.4 is 15.5 Å². The van der Waals surface area contributed by atoms with E-state index in [4.69, 9.17) is 0 Å². The zero-order valence-electron chi connectivity index (χ0n) is 16.9. The molecule has 0 unspecified atom stereocenters. The standard InChI is InChI=1S/C21H26FN5O2S/c1-2-10-23-21(29)15-5-4-11-27(13-15)18-8-9-20(26-25-18)30-14-19(28)24-17-7-3-6-16(22)12-17/h3,6-9,12,15H,2,4-5,10-11,13-14H2,1H3,(H,23,29)(H,24,28)/t15-/m1/s1. The molecule has 9 heteroatoms. The molecule has 0 saturated carbocycles. The van der Waals surface area contributed by atoms with Crippen LogP contribution >= 0.6 is 11.8 Å². The summed E-state index contributed by atoms with van der Waals surface area (Å²) in [4.78, 5) is 26.4. The second-order valence-corrected chi connectivity index (χ2v) is 8.15. The Morgan fingerprint density at radius 3 is 2.87 bits per heavy atom. The Morgan fingerprint density at radius 2 is 2.13 bits per heavy atom. The van der Waals surface area contributed by atoms with Gasteiger partial charge in [-0.25, -0.2) is 4.39 Å². The van der Waals surface area contributed by atoms with Crippen LogP contribution in [0.4, 0.5) is 15.9 Å². The van der Waals surface area contributed by atoms with E-state index in [1.807, 2.05) is 19.1 Å². The maximum Gasteiger partial charge on any atom is 0.234 e. The van der Waals surface area contributed by atoms with E-state index in [2.05, 4.69) is 25.7 Å². The van der Waals surface area contributed by atoms with Gasteiger partial charge in [0.25, 0.3) is 0 Å². The molecule has 2 amide bonds. The number of benzene rings is 1. The van der Waals surface area contributed by atoms with Crippen LogP contribution in [0.15, 0.2) is 41.4 Å². The van der Waals surface area contributed by atoms with Gasteiger partial charge in [-0.2, -0.15) is 0 Å². The minimum atomic E-state index is -0.398. The largest absolute Gasteiger partial charge is 0.356 e. The van der Waals surface area contributed by atoms with Gasteiger partial charge in [0.1, 0.15) is 10.8 Å². The summed E-state index contributed by atoms with van der Waals surface area (Å²) in [6, 6.07) is 9.46. The van der Waals surface area contributed by atoms with Gasteiger partial charge in [-0.3, -0.25) is 9.59 Å². The van der Waals surface area contributed by atoms with Gasteiger partial charge in [-0.05, 0) is 49.6 Å². The highest BCUT2D eigenvalue weighted by Gasteiger charge is 2.26. The molecule has 1 atom stereocenters. The van der Waals surface area contributed by atoms with Crippen LogP contribution in [0.2, 0.25) is 0 Å². The van der Waals surface area contributed by atoms with Crippen molar-refractivity contribution in [3.63, 3.8) is 0 Å². The highest BCUT2D eigenvalue weighted by atomic mass is 32.2. The molecule has 160 valence electrons. The summed E-state index contributed by atoms with van der Waals surface area (Å²) >= 11 is 1.26. The van der Waals surface area contributed by atoms with E-state index in [1.165, 1.54) is 23.9 Å². The second-order valence-electron chi connectivity index (χ2n) is 7.15. The number of carbonyl (C=O) groups excluding carboxylic acids is 2. The molecular weight excluding hydrogens is 405 g/mol. The van der Waals surface area contributed by atoms with Crippen molar-refractivity contribution in [2.24, 2.45) is 5.92 Å². The Hall–Kier alpha value is -2.68. The molecule has 30 heavy (non-hydrogen) atoms. The molecular formula is C21H26FN5O2S. The molecule has 1 aromatic heterocycles. The smallest absolute Gasteiger partial charge is 0.234 e. The van der Waals surface area contributed by atoms with Crippen LogP contribution in [0.3, 0.4) is 0 Å². The lowest BCUT2D eigenvalue weighted by Gasteiger charge is -2.32. The fraction of sp³-hybridized carbons (Fsp3) is 0.429. The maximum absolute atomic E-state index is 13.2. The van der Waals surface area contributed by atoms with Crippen LogP contribution in [-0.2, 0) is 9.59 Å². The quantitative estimate of drug-likeness (QED) is 0.625. The van der Waals surface area contributed by atoms with Crippen molar-refractivity contribution in [2.45, 2.75) is 31.2 Å². The van der Waals surface area contributed by atoms with Crippen LogP contribution in [0.25, 0.3) is 0 Å². The number of carbonyl (C=O) groups is 2. The fourth-order valence-corrected chi connectivity index (χ4v) is 3.87. The molecule has 2 heterocycles. The van der Waals surface area contributed by atoms with Crippen LogP contribution in [0.1, 0.15) is 26.2 Å². The Kier molecular flexibility index (Phi) is 8.01. The van der Waals surface area contributed by atoms with E-state index in [0.29, 0.717) is 23.8 Å². The number of piperidine rings is 1. The molecule has 1 aromatic carbocycles. The number of hydrogen-bond acceptors (Lipinski definition) is 6. The molecule has 0 radical (unpaired) electrons. The van der Waals surface area contributed by atoms with Crippen molar-refractivity contribution in [2.75, 3.05) is 35.6 Å². The first-order valence-corrected chi connectivity index (χ1v) is 11.1. The predicted molar refractivity (Wildman–Crippen MR) is 116 cm³/mol. The summed E-state index contributed by atoms with van der Waals surface area (Å²) in [5, 5.41) is 14.7. The molecule has 2 N–H and O–H groups in total. The van der Waals surface area contributed by atoms with Gasteiger partial charge in [0, 0.05) is 25.3 Å². The van der Waals surface area contributed by atoms with Gasteiger partial charge in [0.15, 0.2) is 5.82 Å². The summed E-state index contributed by atoms with van der Waals surface area (Å²) < 4.78 is 13.2. The third kappa shape index (κ3) is 6.41. The first kappa shape index (κ1) is 22.0. The first-order valence-electron chi connectivity index (χ1n) is 10.1. The summed E-state index contributed by atoms with van der Waals surface area (Å²) in [7, 11) is 0. The number of halogens is 1. The Balaban J connectivity index is 1.49. The zero-order valence-corrected chi connectivity index (χ0v) is 17.8. The van der Waals surface area contributed by atoms with Crippen molar-refractivity contribution < 1.29 is 14.0 Å². The SMILES string of the molecule is CCCNC(=O)[C@@H]1CCCN(c2ccc(SCC(=O)Nc3cccc(F)c3)nn2)C1. The molecule has 3 rings (SSSR count). The van der Waals surface area contributed by atoms with Crippen LogP contribution in [0.5, 0.6) is 0 Å². The number of nitrogens with zero attached hydrogens (tertiary/aromatic N) is 3. The van der Waals surface area contributed by atoms with E-state index in [1.54, 1.807) is 12.1 Å². The predicted octanol–water partition coefficient (Wildman–Crippen LogP) is 3.09. The Labute approximate surface area is 179 Å². The van der Waals surface area contributed by atoms with Crippen molar-refractivity contribution in [3.05, 3.63) is 42.2 Å². The van der Waals surface area contributed by atoms with E-state index < -0.39 is 5.82 Å². The zero-order chi connectivity index (χ0) is 21.3. The third-order valence-electron chi connectivity index (χ3n) is 4.75. The van der Waals surface area contributed by atoms with Crippen LogP contribution in [-0.4, -0.2) is 47.4 Å². The van der Waals surface area contributed by atoms with E-state index in [9.17, 15) is 14.0 Å². The van der Waals surface area contributed by atoms with Gasteiger partial charge < -0.3 is 15.5 Å². The molecule has 0 bridgehead atoms. The molecule has 1 saturated heterocycles. The number of nitrogens with one attached hydrogen (secondary N) is 2. The molecule has 1 aliphatic heterocycles. The van der Waals surface area contributed by atoms with Gasteiger partial charge in [0.2, 0.25) is 11.8 Å². The van der Waals surface area contributed by atoms with E-state index >= 15 is 0 Å². The topological polar surface area (TPSA) is 87.2 Å². The van der Waals surface area contributed by atoms with Gasteiger partial charge in [-0.15, -0.1) is 10.2 Å². The van der Waals surface area contributed by atoms with Crippen molar-refractivity contribution in [1.82, 2.24) is 15.5 Å². The summed E-state index contributed by atoms with van der Waals surface area (Å²) in [6.45, 7) is 4.21. The number of thioether (sulfide) groups is 1. The lowest BCUT2D eigenvalue weighted by molar-refractivity contribution is -0.125. The highest BCUT2D eigenvalue weighted by Crippen LogP contribution is 2.23. The normalized spacial score (nSPS) is 16.2. The first-order chi connectivity index (χ1) is 14.5. The Morgan fingerprint density at radius 1 is 1.27 bits per heavy atom. The minimum absolute atomic E-state index is 0.0346. The number of hydrogen-bond donors (Lipinski definition) is 2. The van der Waals surface area contributed by atoms with E-state index in [0.717, 1.165) is 31.6 Å². The lowest BCUT2D eigenvalue weighted by Crippen LogP contribution is -2.43. The van der Waals surface area contributed by atoms with Crippen molar-refractivity contribution in [1.29, 1.82) is 0 Å². The summed E-state index contributed by atoms with van der Waals surface area (Å²) in [5.74, 6) is 0.307. The number of anilines is 2. The van der Waals surface area contributed by atoms with E-state index in [-0.39, 0.29) is 23.5 Å². The molecule has 7 nitrogen and oxygen atoms in total. The Bertz CT molecular complexity index is 865. The maximum atomic E-state index is 13.2. The van der Waals surface area contributed by atoms with Crippen LogP contribution in [0, 0.1) is 11.7 Å². The summed E-state index contributed by atoms with van der Waals surface area (Å²) in [6.07, 6.45) is 2.74. The third-order valence-corrected chi connectivity index (χ3v) is 5.67. The summed E-state index contributed by atoms with van der Waals surface area (Å²) in [5.41, 5.74) is 0.421. The van der Waals surface area contributed by atoms with Gasteiger partial charge in [-0.1, -0.05) is 24.8 Å². The average molecular weight is 432 g/mol. The molecule has 0 spiro atoms. The lowest BCUT2D eigenvalue weighted by atomic mass is 9.97. The number of aromatic nitrogens is 2. The van der Waals surface area contributed by atoms with Gasteiger partial charge in [0.05, 0.1) is 11.7 Å². The highest BCUT2D eigenvalue weighted by molar-refractivity contribution is 7.99. The molecule has 1 aliphatic rings. The molecule has 1 fully saturated rings. The number of rotatable bonds is 8. The monoisotopic (exact) mass is 431 g/mol. The average Bonchev–Trinajstić information content (AvgIpc) is 2.76. The molecule has 2 aromatic rings. The fourth-order valence-electron chi connectivity index (χ4n) is 3.25. The minimum Gasteiger partial charge on any atom is -0.356 e. The molecule has 0 aliphatic carbocycles. The van der Waals surface area contributed by atoms with Gasteiger partial charge >= 0.3 is 0 Å². The number of amides is 2. The van der Waals surface area contributed by atoms with Crippen molar-refractivity contribution >= 4 is 35.1 Å².